The number of ether oxygens (including phenoxy) is 4. The Morgan fingerprint density at radius 1 is 1.05 bits per heavy atom. The molecule has 41 heavy (non-hydrogen) atoms. The van der Waals surface area contributed by atoms with Gasteiger partial charge >= 0.3 is 11.9 Å². The summed E-state index contributed by atoms with van der Waals surface area (Å²) in [6.07, 6.45) is 2.47. The molecule has 1 aliphatic carbocycles. The molecule has 2 heterocycles. The fourth-order valence-electron chi connectivity index (χ4n) is 6.31. The van der Waals surface area contributed by atoms with Crippen LogP contribution in [-0.2, 0) is 44.7 Å². The number of aliphatic hydroxyl groups is 1. The lowest BCUT2D eigenvalue weighted by molar-refractivity contribution is -0.179. The number of carbonyl (C=O) groups is 4. The van der Waals surface area contributed by atoms with Gasteiger partial charge in [-0.1, -0.05) is 44.2 Å². The molecule has 0 radical (unpaired) electrons. The maximum atomic E-state index is 13.8. The zero-order valence-electron chi connectivity index (χ0n) is 24.3. The van der Waals surface area contributed by atoms with Gasteiger partial charge in [0.05, 0.1) is 32.3 Å². The lowest BCUT2D eigenvalue weighted by Gasteiger charge is -2.45. The molecule has 2 aliphatic heterocycles. The summed E-state index contributed by atoms with van der Waals surface area (Å²) in [5.74, 6) is -4.13. The normalized spacial score (nSPS) is 31.5. The van der Waals surface area contributed by atoms with Crippen molar-refractivity contribution in [1.29, 1.82) is 0 Å². The molecular weight excluding hydrogens is 530 g/mol. The minimum Gasteiger partial charge on any atom is -0.464 e. The molecule has 1 aromatic rings. The number of esters is 2. The van der Waals surface area contributed by atoms with Gasteiger partial charge in [0, 0.05) is 13.7 Å². The Hall–Kier alpha value is -2.82. The smallest absolute Gasteiger partial charge is 0.328 e. The largest absolute Gasteiger partial charge is 0.464 e. The third-order valence-corrected chi connectivity index (χ3v) is 8.97. The Balaban J connectivity index is 1.48. The number of carbonyl (C=O) groups excluding carboxylic acids is 4. The topological polar surface area (TPSA) is 129 Å². The van der Waals surface area contributed by atoms with Crippen LogP contribution in [0.3, 0.4) is 0 Å². The Labute approximate surface area is 241 Å². The average molecular weight is 574 g/mol. The molecule has 0 aromatic heterocycles. The summed E-state index contributed by atoms with van der Waals surface area (Å²) < 4.78 is 22.2. The number of benzene rings is 1. The molecule has 226 valence electrons. The molecule has 10 heteroatoms. The third-order valence-electron chi connectivity index (χ3n) is 8.97. The van der Waals surface area contributed by atoms with Gasteiger partial charge in [0.15, 0.2) is 0 Å². The van der Waals surface area contributed by atoms with Crippen molar-refractivity contribution in [3.8, 4) is 0 Å². The van der Waals surface area contributed by atoms with Gasteiger partial charge in [-0.2, -0.15) is 0 Å². The number of ketones is 1. The third kappa shape index (κ3) is 7.16. The molecule has 10 nitrogen and oxygen atoms in total. The van der Waals surface area contributed by atoms with Gasteiger partial charge in [-0.25, -0.2) is 9.59 Å². The van der Waals surface area contributed by atoms with Crippen LogP contribution in [0.15, 0.2) is 30.3 Å². The second-order valence-electron chi connectivity index (χ2n) is 11.9. The predicted octanol–water partition coefficient (Wildman–Crippen LogP) is 2.69. The summed E-state index contributed by atoms with van der Waals surface area (Å²) in [6.45, 7) is 4.69. The van der Waals surface area contributed by atoms with Crippen molar-refractivity contribution in [3.63, 3.8) is 0 Å². The van der Waals surface area contributed by atoms with E-state index in [-0.39, 0.29) is 56.8 Å². The number of fused-ring (bicyclic) bond motifs is 2. The highest BCUT2D eigenvalue weighted by Crippen LogP contribution is 2.42. The van der Waals surface area contributed by atoms with E-state index < -0.39 is 47.2 Å². The molecule has 1 amide bonds. The number of cyclic esters (lactones) is 2. The first kappa shape index (κ1) is 31.1. The van der Waals surface area contributed by atoms with Gasteiger partial charge in [-0.3, -0.25) is 9.59 Å². The van der Waals surface area contributed by atoms with Gasteiger partial charge in [0.2, 0.25) is 0 Å². The quantitative estimate of drug-likeness (QED) is 0.350. The Bertz CT molecular complexity index is 1050. The first-order valence-electron chi connectivity index (χ1n) is 14.7. The number of amides is 1. The maximum Gasteiger partial charge on any atom is 0.328 e. The van der Waals surface area contributed by atoms with E-state index >= 15 is 0 Å². The molecule has 7 atom stereocenters. The monoisotopic (exact) mass is 573 g/mol. The highest BCUT2D eigenvalue weighted by Gasteiger charge is 2.54. The number of rotatable bonds is 9. The summed E-state index contributed by atoms with van der Waals surface area (Å²) in [5, 5.41) is 11.6. The van der Waals surface area contributed by atoms with Crippen LogP contribution in [-0.4, -0.2) is 84.9 Å². The first-order chi connectivity index (χ1) is 19.7. The molecule has 1 saturated carbocycles. The zero-order valence-corrected chi connectivity index (χ0v) is 24.3. The molecule has 2 bridgehead atoms. The van der Waals surface area contributed by atoms with E-state index in [0.29, 0.717) is 26.1 Å². The van der Waals surface area contributed by atoms with Crippen molar-refractivity contribution >= 4 is 23.6 Å². The van der Waals surface area contributed by atoms with Gasteiger partial charge in [0.25, 0.3) is 11.7 Å². The van der Waals surface area contributed by atoms with Crippen molar-refractivity contribution in [2.24, 2.45) is 23.7 Å². The number of nitrogens with zero attached hydrogens (tertiary/aromatic N) is 1. The molecule has 3 aliphatic rings. The Morgan fingerprint density at radius 2 is 1.68 bits per heavy atom. The van der Waals surface area contributed by atoms with Crippen LogP contribution < -0.4 is 0 Å². The number of methoxy groups -OCH3 is 1. The van der Waals surface area contributed by atoms with Crippen LogP contribution in [0.4, 0.5) is 0 Å². The molecular formula is C31H43NO9. The SMILES string of the molecule is COCC(C)[C@@H]1CC[C@@H](C)[C@](O)(C(=O)C(=O)N2[C@@H]3CCC[C@H]2C(=O)OCC(COCc2ccccc2)COC3=O)C1. The first-order valence-corrected chi connectivity index (χ1v) is 14.7. The van der Waals surface area contributed by atoms with Crippen molar-refractivity contribution in [1.82, 2.24) is 4.90 Å². The minimum atomic E-state index is -1.90. The molecule has 3 fully saturated rings. The molecule has 2 saturated heterocycles. The maximum absolute atomic E-state index is 13.8. The van der Waals surface area contributed by atoms with E-state index in [2.05, 4.69) is 0 Å². The minimum absolute atomic E-state index is 0.0116. The molecule has 4 rings (SSSR count). The highest BCUT2D eigenvalue weighted by molar-refractivity contribution is 6.40. The average Bonchev–Trinajstić information content (AvgIpc) is 2.98. The van der Waals surface area contributed by atoms with E-state index in [0.717, 1.165) is 16.9 Å². The second kappa shape index (κ2) is 13.9. The lowest BCUT2D eigenvalue weighted by Crippen LogP contribution is -2.63. The predicted molar refractivity (Wildman–Crippen MR) is 147 cm³/mol. The summed E-state index contributed by atoms with van der Waals surface area (Å²) >= 11 is 0. The van der Waals surface area contributed by atoms with E-state index in [9.17, 15) is 24.3 Å². The highest BCUT2D eigenvalue weighted by atomic mass is 16.6. The molecule has 1 N–H and O–H groups in total. The summed E-state index contributed by atoms with van der Waals surface area (Å²) in [6, 6.07) is 7.38. The Morgan fingerprint density at radius 3 is 2.29 bits per heavy atom. The Kier molecular flexibility index (Phi) is 10.5. The van der Waals surface area contributed by atoms with E-state index in [1.165, 1.54) is 0 Å². The summed E-state index contributed by atoms with van der Waals surface area (Å²) in [4.78, 5) is 55.1. The van der Waals surface area contributed by atoms with Crippen LogP contribution in [0.25, 0.3) is 0 Å². The standard InChI is InChI=1S/C31H43NO9/c1-20(15-38-3)24-13-12-21(2)31(37,14-24)27(33)28(34)32-25-10-7-11-26(32)30(36)41-19-23(18-40-29(25)35)17-39-16-22-8-5-4-6-9-22/h4-6,8-9,20-21,23-26,37H,7,10-19H2,1-3H3/t20?,21-,23?,24-,25-,26+,31+/m1/s1. The molecule has 0 spiro atoms. The van der Waals surface area contributed by atoms with Crippen molar-refractivity contribution in [2.45, 2.75) is 76.7 Å². The van der Waals surface area contributed by atoms with E-state index in [1.807, 2.05) is 37.3 Å². The van der Waals surface area contributed by atoms with Gasteiger partial charge in [-0.15, -0.1) is 0 Å². The summed E-state index contributed by atoms with van der Waals surface area (Å²) in [5.41, 5.74) is -0.913. The fraction of sp³-hybridized carbons (Fsp3) is 0.677. The van der Waals surface area contributed by atoms with Crippen molar-refractivity contribution in [2.75, 3.05) is 33.5 Å². The number of hydrogen-bond donors (Lipinski definition) is 1. The second-order valence-corrected chi connectivity index (χ2v) is 11.9. The van der Waals surface area contributed by atoms with Crippen LogP contribution in [0.2, 0.25) is 0 Å². The summed E-state index contributed by atoms with van der Waals surface area (Å²) in [7, 11) is 1.60. The van der Waals surface area contributed by atoms with Crippen molar-refractivity contribution in [3.05, 3.63) is 35.9 Å². The molecule has 1 aromatic carbocycles. The number of Topliss-reactive ketones (excluding diaryl/α,β-unsaturated/α-hetero) is 1. The number of hydrogen-bond acceptors (Lipinski definition) is 9. The van der Waals surface area contributed by atoms with Gasteiger partial charge < -0.3 is 29.0 Å². The van der Waals surface area contributed by atoms with Crippen LogP contribution >= 0.6 is 0 Å². The lowest BCUT2D eigenvalue weighted by atomic mass is 9.66. The van der Waals surface area contributed by atoms with Crippen LogP contribution in [0, 0.1) is 23.7 Å². The fourth-order valence-corrected chi connectivity index (χ4v) is 6.31. The molecule has 2 unspecified atom stereocenters. The van der Waals surface area contributed by atoms with Crippen LogP contribution in [0.1, 0.15) is 57.9 Å². The zero-order chi connectivity index (χ0) is 29.6. The van der Waals surface area contributed by atoms with Crippen molar-refractivity contribution < 1.29 is 43.2 Å². The number of piperidine rings is 1. The van der Waals surface area contributed by atoms with Gasteiger partial charge in [0.1, 0.15) is 17.7 Å². The van der Waals surface area contributed by atoms with Gasteiger partial charge in [-0.05, 0) is 61.8 Å². The van der Waals surface area contributed by atoms with Crippen LogP contribution in [0.5, 0.6) is 0 Å². The van der Waals surface area contributed by atoms with E-state index in [1.54, 1.807) is 14.0 Å². The van der Waals surface area contributed by atoms with E-state index in [4.69, 9.17) is 18.9 Å².